The summed E-state index contributed by atoms with van der Waals surface area (Å²) in [5.74, 6) is -0.593. The lowest BCUT2D eigenvalue weighted by atomic mass is 9.86. The van der Waals surface area contributed by atoms with Gasteiger partial charge in [0.15, 0.2) is 5.78 Å². The highest BCUT2D eigenvalue weighted by Crippen LogP contribution is 2.32. The summed E-state index contributed by atoms with van der Waals surface area (Å²) in [5.41, 5.74) is 9.18. The first-order valence-electron chi connectivity index (χ1n) is 9.90. The van der Waals surface area contributed by atoms with Gasteiger partial charge in [-0.3, -0.25) is 4.79 Å². The molecule has 1 saturated carbocycles. The summed E-state index contributed by atoms with van der Waals surface area (Å²) in [6.45, 7) is 4.92. The molecule has 0 heterocycles. The molecule has 0 amide bonds. The van der Waals surface area contributed by atoms with Gasteiger partial charge < -0.3 is 10.6 Å². The van der Waals surface area contributed by atoms with Gasteiger partial charge in [-0.15, -0.1) is 0 Å². The topological polar surface area (TPSA) is 46.3 Å². The van der Waals surface area contributed by atoms with E-state index in [1.54, 1.807) is 19.1 Å². The summed E-state index contributed by atoms with van der Waals surface area (Å²) in [4.78, 5) is 15.1. The lowest BCUT2D eigenvalue weighted by Gasteiger charge is -2.24. The van der Waals surface area contributed by atoms with Crippen LogP contribution in [0, 0.1) is 5.82 Å². The number of aryl methyl sites for hydroxylation is 1. The second-order valence-electron chi connectivity index (χ2n) is 7.52. The molecule has 2 atom stereocenters. The van der Waals surface area contributed by atoms with Crippen molar-refractivity contribution < 1.29 is 9.18 Å². The zero-order chi connectivity index (χ0) is 19.4. The quantitative estimate of drug-likeness (QED) is 0.711. The predicted molar refractivity (Wildman–Crippen MR) is 109 cm³/mol. The monoisotopic (exact) mass is 368 g/mol. The Morgan fingerprint density at radius 2 is 1.93 bits per heavy atom. The Balaban J connectivity index is 1.75. The van der Waals surface area contributed by atoms with Crippen molar-refractivity contribution in [3.63, 3.8) is 0 Å². The Kier molecular flexibility index (Phi) is 6.27. The van der Waals surface area contributed by atoms with E-state index in [2.05, 4.69) is 36.1 Å². The third kappa shape index (κ3) is 4.95. The maximum atomic E-state index is 13.3. The van der Waals surface area contributed by atoms with Gasteiger partial charge >= 0.3 is 0 Å². The number of halogens is 1. The molecule has 27 heavy (non-hydrogen) atoms. The summed E-state index contributed by atoms with van der Waals surface area (Å²) in [7, 11) is 0. The van der Waals surface area contributed by atoms with Gasteiger partial charge in [0.1, 0.15) is 5.82 Å². The molecule has 0 saturated heterocycles. The molecule has 0 spiro atoms. The fourth-order valence-electron chi connectivity index (χ4n) is 3.73. The molecule has 1 fully saturated rings. The smallest absolute Gasteiger partial charge is 0.156 e. The van der Waals surface area contributed by atoms with Gasteiger partial charge in [-0.2, -0.15) is 0 Å². The average molecular weight is 368 g/mol. The van der Waals surface area contributed by atoms with E-state index in [0.717, 1.165) is 18.5 Å². The number of ketones is 1. The highest BCUT2D eigenvalue weighted by Gasteiger charge is 2.28. The van der Waals surface area contributed by atoms with Crippen LogP contribution < -0.4 is 10.6 Å². The maximum absolute atomic E-state index is 13.3. The van der Waals surface area contributed by atoms with E-state index in [-0.39, 0.29) is 17.5 Å². The molecule has 0 radical (unpaired) electrons. The molecule has 4 heteroatoms. The number of carbonyl (C=O) groups is 1. The van der Waals surface area contributed by atoms with Crippen LogP contribution in [0.3, 0.4) is 0 Å². The van der Waals surface area contributed by atoms with Gasteiger partial charge in [0.05, 0.1) is 6.04 Å². The number of nitrogens with two attached hydrogens (primary N) is 1. The molecule has 2 aromatic carbocycles. The van der Waals surface area contributed by atoms with Crippen LogP contribution in [0.1, 0.15) is 50.2 Å². The summed E-state index contributed by atoms with van der Waals surface area (Å²) in [6, 6.07) is 15.0. The Morgan fingerprint density at radius 1 is 1.22 bits per heavy atom. The normalized spacial score (nSPS) is 16.0. The Labute approximate surface area is 161 Å². The van der Waals surface area contributed by atoms with Gasteiger partial charge in [0, 0.05) is 24.2 Å². The number of hydrogen-bond donors (Lipinski definition) is 1. The van der Waals surface area contributed by atoms with E-state index in [0.29, 0.717) is 12.5 Å². The van der Waals surface area contributed by atoms with Crippen molar-refractivity contribution in [3.05, 3.63) is 65.5 Å². The first kappa shape index (κ1) is 19.6. The van der Waals surface area contributed by atoms with Crippen molar-refractivity contribution in [2.24, 2.45) is 5.73 Å². The highest BCUT2D eigenvalue weighted by atomic mass is 19.1. The molecular formula is C23H29FN2O. The predicted octanol–water partition coefficient (Wildman–Crippen LogP) is 4.45. The van der Waals surface area contributed by atoms with Crippen LogP contribution in [0.5, 0.6) is 0 Å². The Morgan fingerprint density at radius 3 is 2.52 bits per heavy atom. The third-order valence-electron chi connectivity index (χ3n) is 5.36. The van der Waals surface area contributed by atoms with Crippen molar-refractivity contribution in [2.75, 3.05) is 11.4 Å². The van der Waals surface area contributed by atoms with Crippen LogP contribution in [-0.4, -0.2) is 24.4 Å². The molecule has 0 bridgehead atoms. The van der Waals surface area contributed by atoms with E-state index in [4.69, 9.17) is 5.73 Å². The minimum absolute atomic E-state index is 0.00549. The van der Waals surface area contributed by atoms with Gasteiger partial charge in [-0.25, -0.2) is 4.39 Å². The number of Topliss-reactive ketones (excluding diaryl/α,β-unsaturated/α-hetero) is 1. The van der Waals surface area contributed by atoms with Crippen molar-refractivity contribution >= 4 is 11.5 Å². The third-order valence-corrected chi connectivity index (χ3v) is 5.36. The lowest BCUT2D eigenvalue weighted by molar-refractivity contribution is -0.121. The van der Waals surface area contributed by atoms with Gasteiger partial charge in [0.2, 0.25) is 0 Å². The van der Waals surface area contributed by atoms with Crippen molar-refractivity contribution in [2.45, 2.75) is 57.5 Å². The minimum Gasteiger partial charge on any atom is -0.369 e. The first-order chi connectivity index (χ1) is 13.0. The Hall–Kier alpha value is -2.20. The number of carbonyl (C=O) groups excluding carboxylic acids is 1. The number of anilines is 1. The molecular weight excluding hydrogens is 339 g/mol. The van der Waals surface area contributed by atoms with Crippen LogP contribution in [0.25, 0.3) is 0 Å². The zero-order valence-electron chi connectivity index (χ0n) is 16.2. The molecule has 1 unspecified atom stereocenters. The summed E-state index contributed by atoms with van der Waals surface area (Å²) >= 11 is 0. The SMILES string of the molecule is CCN(c1cccc(CCC(C(=O)[C@H](C)N)c2ccc(F)cc2)c1)C1CC1. The maximum Gasteiger partial charge on any atom is 0.156 e. The van der Waals surface area contributed by atoms with Crippen LogP contribution in [-0.2, 0) is 11.2 Å². The van der Waals surface area contributed by atoms with E-state index < -0.39 is 6.04 Å². The number of nitrogens with zero attached hydrogens (tertiary/aromatic N) is 1. The molecule has 1 aliphatic rings. The number of rotatable bonds is 9. The van der Waals surface area contributed by atoms with Crippen molar-refractivity contribution in [3.8, 4) is 0 Å². The standard InChI is InChI=1S/C23H29FN2O/c1-3-26(20-12-13-20)21-6-4-5-17(15-21)7-14-22(23(27)16(2)25)18-8-10-19(24)11-9-18/h4-6,8-11,15-16,20,22H,3,7,12-14,25H2,1-2H3/t16-,22?/m0/s1. The molecule has 3 rings (SSSR count). The number of benzene rings is 2. The summed E-state index contributed by atoms with van der Waals surface area (Å²) in [5, 5.41) is 0. The molecule has 144 valence electrons. The molecule has 3 nitrogen and oxygen atoms in total. The largest absolute Gasteiger partial charge is 0.369 e. The van der Waals surface area contributed by atoms with Gasteiger partial charge in [0.25, 0.3) is 0 Å². The van der Waals surface area contributed by atoms with E-state index in [1.165, 1.54) is 36.2 Å². The van der Waals surface area contributed by atoms with E-state index in [9.17, 15) is 9.18 Å². The van der Waals surface area contributed by atoms with Crippen molar-refractivity contribution in [1.29, 1.82) is 0 Å². The van der Waals surface area contributed by atoms with Crippen molar-refractivity contribution in [1.82, 2.24) is 0 Å². The van der Waals surface area contributed by atoms with Crippen LogP contribution in [0.2, 0.25) is 0 Å². The Bertz CT molecular complexity index is 768. The average Bonchev–Trinajstić information content (AvgIpc) is 3.49. The second-order valence-corrected chi connectivity index (χ2v) is 7.52. The van der Waals surface area contributed by atoms with E-state index >= 15 is 0 Å². The lowest BCUT2D eigenvalue weighted by Crippen LogP contribution is -2.32. The molecule has 0 aromatic heterocycles. The van der Waals surface area contributed by atoms with Crippen LogP contribution in [0.4, 0.5) is 10.1 Å². The summed E-state index contributed by atoms with van der Waals surface area (Å²) < 4.78 is 13.3. The summed E-state index contributed by atoms with van der Waals surface area (Å²) in [6.07, 6.45) is 4.00. The first-order valence-corrected chi connectivity index (χ1v) is 9.90. The molecule has 2 aromatic rings. The fourth-order valence-corrected chi connectivity index (χ4v) is 3.73. The highest BCUT2D eigenvalue weighted by molar-refractivity contribution is 5.89. The van der Waals surface area contributed by atoms with Crippen LogP contribution in [0.15, 0.2) is 48.5 Å². The fraction of sp³-hybridized carbons (Fsp3) is 0.435. The van der Waals surface area contributed by atoms with E-state index in [1.807, 2.05) is 0 Å². The van der Waals surface area contributed by atoms with Gasteiger partial charge in [-0.05, 0) is 74.9 Å². The van der Waals surface area contributed by atoms with Crippen LogP contribution >= 0.6 is 0 Å². The number of hydrogen-bond acceptors (Lipinski definition) is 3. The second kappa shape index (κ2) is 8.66. The van der Waals surface area contributed by atoms with Gasteiger partial charge in [-0.1, -0.05) is 24.3 Å². The molecule has 0 aliphatic heterocycles. The molecule has 2 N–H and O–H groups in total. The minimum atomic E-state index is -0.531. The zero-order valence-corrected chi connectivity index (χ0v) is 16.2. The molecule has 1 aliphatic carbocycles.